The van der Waals surface area contributed by atoms with Crippen molar-refractivity contribution in [3.63, 3.8) is 0 Å². The van der Waals surface area contributed by atoms with Gasteiger partial charge in [-0.15, -0.1) is 0 Å². The molecule has 1 aromatic rings. The van der Waals surface area contributed by atoms with Gasteiger partial charge in [0.1, 0.15) is 11.4 Å². The van der Waals surface area contributed by atoms with Gasteiger partial charge >= 0.3 is 0 Å². The minimum absolute atomic E-state index is 0.0925. The lowest BCUT2D eigenvalue weighted by molar-refractivity contribution is -0.130. The van der Waals surface area contributed by atoms with Gasteiger partial charge in [0.25, 0.3) is 0 Å². The zero-order valence-corrected chi connectivity index (χ0v) is 12.4. The zero-order chi connectivity index (χ0) is 14.6. The average molecular weight is 331 g/mol. The third-order valence-corrected chi connectivity index (χ3v) is 3.20. The molecule has 0 saturated heterocycles. The molecule has 0 fully saturated rings. The third-order valence-electron chi connectivity index (χ3n) is 2.70. The molecule has 0 aromatic heterocycles. The normalized spacial score (nSPS) is 11.2. The number of rotatable bonds is 5. The van der Waals surface area contributed by atoms with Gasteiger partial charge in [0.05, 0.1) is 0 Å². The Morgan fingerprint density at radius 2 is 2.05 bits per heavy atom. The van der Waals surface area contributed by atoms with Crippen molar-refractivity contribution in [2.24, 2.45) is 5.73 Å². The average Bonchev–Trinajstić information content (AvgIpc) is 2.27. The van der Waals surface area contributed by atoms with E-state index in [1.807, 2.05) is 0 Å². The summed E-state index contributed by atoms with van der Waals surface area (Å²) < 4.78 is 14.2. The molecule has 0 saturated carbocycles. The van der Waals surface area contributed by atoms with Gasteiger partial charge in [-0.2, -0.15) is 0 Å². The second-order valence-electron chi connectivity index (χ2n) is 4.77. The van der Waals surface area contributed by atoms with Crippen LogP contribution in [0.3, 0.4) is 0 Å². The molecule has 0 aliphatic carbocycles. The van der Waals surface area contributed by atoms with Gasteiger partial charge in [-0.1, -0.05) is 22.0 Å². The van der Waals surface area contributed by atoms with Gasteiger partial charge in [0, 0.05) is 10.9 Å². The smallest absolute Gasteiger partial charge is 0.242 e. The highest BCUT2D eigenvalue weighted by atomic mass is 79.9. The maximum atomic E-state index is 13.5. The molecule has 0 unspecified atom stereocenters. The maximum Gasteiger partial charge on any atom is 0.242 e. The molecule has 4 nitrogen and oxygen atoms in total. The van der Waals surface area contributed by atoms with Crippen molar-refractivity contribution < 1.29 is 14.0 Å². The summed E-state index contributed by atoms with van der Waals surface area (Å²) in [5.41, 5.74) is 4.50. The van der Waals surface area contributed by atoms with E-state index in [-0.39, 0.29) is 24.6 Å². The zero-order valence-electron chi connectivity index (χ0n) is 10.8. The number of benzene rings is 1. The van der Waals surface area contributed by atoms with Crippen LogP contribution in [0.1, 0.15) is 25.8 Å². The summed E-state index contributed by atoms with van der Waals surface area (Å²) in [6.07, 6.45) is 0.356. The molecule has 0 spiro atoms. The Labute approximate surface area is 119 Å². The highest BCUT2D eigenvalue weighted by Gasteiger charge is 2.26. The van der Waals surface area contributed by atoms with Crippen LogP contribution in [0.25, 0.3) is 0 Å². The first kappa shape index (κ1) is 15.6. The number of carbonyl (C=O) groups is 2. The largest absolute Gasteiger partial charge is 0.368 e. The van der Waals surface area contributed by atoms with Crippen molar-refractivity contribution in [1.82, 2.24) is 5.32 Å². The Balaban J connectivity index is 2.57. The summed E-state index contributed by atoms with van der Waals surface area (Å²) >= 11 is 3.16. The number of carbonyl (C=O) groups excluding carboxylic acids is 2. The fourth-order valence-corrected chi connectivity index (χ4v) is 1.78. The molecule has 104 valence electrons. The van der Waals surface area contributed by atoms with E-state index in [1.165, 1.54) is 19.9 Å². The molecular formula is C13H16BrFN2O2. The fraction of sp³-hybridized carbons (Fsp3) is 0.385. The van der Waals surface area contributed by atoms with Crippen molar-refractivity contribution in [2.75, 3.05) is 0 Å². The second kappa shape index (κ2) is 6.14. The summed E-state index contributed by atoms with van der Waals surface area (Å²) in [7, 11) is 0. The lowest BCUT2D eigenvalue weighted by Gasteiger charge is -2.22. The Kier molecular flexibility index (Phi) is 5.05. The maximum absolute atomic E-state index is 13.5. The third kappa shape index (κ3) is 4.63. The van der Waals surface area contributed by atoms with Crippen molar-refractivity contribution in [1.29, 1.82) is 0 Å². The van der Waals surface area contributed by atoms with Crippen LogP contribution in [0.2, 0.25) is 0 Å². The molecular weight excluding hydrogens is 315 g/mol. The van der Waals surface area contributed by atoms with Crippen LogP contribution in [0.4, 0.5) is 4.39 Å². The molecule has 0 aliphatic rings. The number of halogens is 2. The summed E-state index contributed by atoms with van der Waals surface area (Å²) in [5.74, 6) is -1.32. The van der Waals surface area contributed by atoms with Crippen molar-refractivity contribution in [3.8, 4) is 0 Å². The molecule has 1 aromatic carbocycles. The second-order valence-corrected chi connectivity index (χ2v) is 5.69. The van der Waals surface area contributed by atoms with Gasteiger partial charge in [-0.05, 0) is 38.0 Å². The van der Waals surface area contributed by atoms with E-state index in [0.717, 1.165) is 0 Å². The summed E-state index contributed by atoms with van der Waals surface area (Å²) in [5, 5.41) is 2.51. The molecule has 3 N–H and O–H groups in total. The number of hydrogen-bond acceptors (Lipinski definition) is 2. The van der Waals surface area contributed by atoms with Crippen LogP contribution in [0.15, 0.2) is 22.7 Å². The van der Waals surface area contributed by atoms with Crippen LogP contribution in [-0.4, -0.2) is 17.4 Å². The van der Waals surface area contributed by atoms with Crippen LogP contribution in [0.5, 0.6) is 0 Å². The SMILES string of the molecule is CC(C)(NC(=O)CCc1ccc(Br)cc1F)C(N)=O. The van der Waals surface area contributed by atoms with Crippen LogP contribution in [-0.2, 0) is 16.0 Å². The lowest BCUT2D eigenvalue weighted by atomic mass is 10.0. The molecule has 1 rings (SSSR count). The quantitative estimate of drug-likeness (QED) is 0.865. The molecule has 0 radical (unpaired) electrons. The summed E-state index contributed by atoms with van der Waals surface area (Å²) in [6, 6.07) is 4.68. The van der Waals surface area contributed by atoms with Crippen LogP contribution < -0.4 is 11.1 Å². The highest BCUT2D eigenvalue weighted by Crippen LogP contribution is 2.16. The van der Waals surface area contributed by atoms with E-state index in [0.29, 0.717) is 10.0 Å². The number of hydrogen-bond donors (Lipinski definition) is 2. The fourth-order valence-electron chi connectivity index (χ4n) is 1.45. The van der Waals surface area contributed by atoms with Crippen molar-refractivity contribution >= 4 is 27.7 Å². The first-order valence-corrected chi connectivity index (χ1v) is 6.56. The number of amides is 2. The van der Waals surface area contributed by atoms with Gasteiger partial charge in [-0.25, -0.2) is 4.39 Å². The standard InChI is InChI=1S/C13H16BrFN2O2/c1-13(2,12(16)19)17-11(18)6-4-8-3-5-9(14)7-10(8)15/h3,5,7H,4,6H2,1-2H3,(H2,16,19)(H,17,18). The van der Waals surface area contributed by atoms with Gasteiger partial charge in [0.2, 0.25) is 11.8 Å². The van der Waals surface area contributed by atoms with Crippen LogP contribution in [0, 0.1) is 5.82 Å². The molecule has 0 aliphatic heterocycles. The molecule has 0 atom stereocenters. The molecule has 2 amide bonds. The van der Waals surface area contributed by atoms with Crippen molar-refractivity contribution in [3.05, 3.63) is 34.1 Å². The lowest BCUT2D eigenvalue weighted by Crippen LogP contribution is -2.53. The van der Waals surface area contributed by atoms with E-state index in [4.69, 9.17) is 5.73 Å². The Morgan fingerprint density at radius 3 is 2.58 bits per heavy atom. The highest BCUT2D eigenvalue weighted by molar-refractivity contribution is 9.10. The Morgan fingerprint density at radius 1 is 1.42 bits per heavy atom. The van der Waals surface area contributed by atoms with E-state index in [9.17, 15) is 14.0 Å². The number of nitrogens with two attached hydrogens (primary N) is 1. The topological polar surface area (TPSA) is 72.2 Å². The molecule has 0 bridgehead atoms. The first-order valence-electron chi connectivity index (χ1n) is 5.77. The van der Waals surface area contributed by atoms with E-state index in [1.54, 1.807) is 12.1 Å². The number of primary amides is 1. The van der Waals surface area contributed by atoms with Crippen LogP contribution >= 0.6 is 15.9 Å². The molecule has 6 heteroatoms. The van der Waals surface area contributed by atoms with Crippen molar-refractivity contribution in [2.45, 2.75) is 32.2 Å². The summed E-state index contributed by atoms with van der Waals surface area (Å²) in [4.78, 5) is 22.7. The van der Waals surface area contributed by atoms with E-state index < -0.39 is 11.4 Å². The molecule has 0 heterocycles. The first-order chi connectivity index (χ1) is 8.72. The van der Waals surface area contributed by atoms with E-state index in [2.05, 4.69) is 21.2 Å². The van der Waals surface area contributed by atoms with Gasteiger partial charge in [-0.3, -0.25) is 9.59 Å². The molecule has 19 heavy (non-hydrogen) atoms. The number of aryl methyl sites for hydroxylation is 1. The Hall–Kier alpha value is -1.43. The summed E-state index contributed by atoms with van der Waals surface area (Å²) in [6.45, 7) is 3.04. The number of nitrogens with one attached hydrogen (secondary N) is 1. The minimum atomic E-state index is -1.10. The van der Waals surface area contributed by atoms with Gasteiger partial charge < -0.3 is 11.1 Å². The predicted molar refractivity (Wildman–Crippen MR) is 73.8 cm³/mol. The van der Waals surface area contributed by atoms with E-state index >= 15 is 0 Å². The minimum Gasteiger partial charge on any atom is -0.368 e. The Bertz CT molecular complexity index is 503. The van der Waals surface area contributed by atoms with Gasteiger partial charge in [0.15, 0.2) is 0 Å². The predicted octanol–water partition coefficient (Wildman–Crippen LogP) is 1.90. The monoisotopic (exact) mass is 330 g/mol.